The largest absolute Gasteiger partial charge is 0.496 e. The minimum Gasteiger partial charge on any atom is -0.496 e. The van der Waals surface area contributed by atoms with Crippen LogP contribution in [0, 0.1) is 0 Å². The number of rotatable bonds is 9. The van der Waals surface area contributed by atoms with Crippen molar-refractivity contribution < 1.29 is 14.3 Å². The van der Waals surface area contributed by atoms with Gasteiger partial charge in [-0.25, -0.2) is 0 Å². The molecule has 0 N–H and O–H groups in total. The van der Waals surface area contributed by atoms with Gasteiger partial charge in [-0.2, -0.15) is 0 Å². The quantitative estimate of drug-likeness (QED) is 0.131. The molecule has 1 heterocycles. The van der Waals surface area contributed by atoms with Gasteiger partial charge >= 0.3 is 0 Å². The molecule has 35 heavy (non-hydrogen) atoms. The van der Waals surface area contributed by atoms with Gasteiger partial charge in [0.1, 0.15) is 18.1 Å². The summed E-state index contributed by atoms with van der Waals surface area (Å²) < 4.78 is 14.2. The third-order valence-corrected chi connectivity index (χ3v) is 7.93. The molecule has 0 unspecified atom stereocenters. The van der Waals surface area contributed by atoms with Crippen molar-refractivity contribution in [3.8, 4) is 11.5 Å². The van der Waals surface area contributed by atoms with Gasteiger partial charge in [0.05, 0.1) is 20.9 Å². The summed E-state index contributed by atoms with van der Waals surface area (Å²) in [6, 6.07) is 23.8. The van der Waals surface area contributed by atoms with E-state index in [9.17, 15) is 4.79 Å². The van der Waals surface area contributed by atoms with E-state index in [-0.39, 0.29) is 5.78 Å². The molecule has 1 aromatic heterocycles. The van der Waals surface area contributed by atoms with E-state index in [0.29, 0.717) is 12.4 Å². The zero-order valence-corrected chi connectivity index (χ0v) is 24.3. The predicted molar refractivity (Wildman–Crippen MR) is 154 cm³/mol. The molecule has 0 spiro atoms. The van der Waals surface area contributed by atoms with Gasteiger partial charge in [0.25, 0.3) is 0 Å². The Morgan fingerprint density at radius 2 is 1.69 bits per heavy atom. The molecule has 178 valence electrons. The standard InChI is InChI=1S/C28H21Br3O3S/c1-33-26-11-8-19(13-20(26)17-34-28-23(30)15-21(29)16-24(28)31)7-10-25(32)27-12-9-22(35-27)14-18-5-3-2-4-6-18/h2-13,15-16H,14,17H2,1H3/b10-7+. The van der Waals surface area contributed by atoms with Gasteiger partial charge in [0.2, 0.25) is 0 Å². The van der Waals surface area contributed by atoms with Crippen LogP contribution in [0.25, 0.3) is 6.08 Å². The molecule has 0 aliphatic rings. The van der Waals surface area contributed by atoms with E-state index in [4.69, 9.17) is 9.47 Å². The summed E-state index contributed by atoms with van der Waals surface area (Å²) >= 11 is 12.1. The molecule has 0 atom stereocenters. The van der Waals surface area contributed by atoms with Gasteiger partial charge in [0, 0.05) is 21.3 Å². The second kappa shape index (κ2) is 12.2. The van der Waals surface area contributed by atoms with Crippen molar-refractivity contribution in [2.24, 2.45) is 0 Å². The number of ether oxygens (including phenoxy) is 2. The van der Waals surface area contributed by atoms with E-state index in [2.05, 4.69) is 59.9 Å². The third-order valence-electron chi connectivity index (χ3n) is 5.19. The van der Waals surface area contributed by atoms with Crippen LogP contribution in [-0.2, 0) is 13.0 Å². The van der Waals surface area contributed by atoms with Crippen molar-refractivity contribution in [3.05, 3.63) is 119 Å². The number of halogens is 3. The highest BCUT2D eigenvalue weighted by molar-refractivity contribution is 9.11. The molecular formula is C28H21Br3O3S. The van der Waals surface area contributed by atoms with Crippen molar-refractivity contribution in [3.63, 3.8) is 0 Å². The molecule has 4 aromatic rings. The van der Waals surface area contributed by atoms with Gasteiger partial charge in [0.15, 0.2) is 5.78 Å². The normalized spacial score (nSPS) is 11.1. The number of benzene rings is 3. The van der Waals surface area contributed by atoms with Crippen LogP contribution in [0.2, 0.25) is 0 Å². The number of hydrogen-bond acceptors (Lipinski definition) is 4. The molecule has 4 rings (SSSR count). The average molecular weight is 677 g/mol. The molecule has 3 nitrogen and oxygen atoms in total. The number of carbonyl (C=O) groups is 1. The summed E-state index contributed by atoms with van der Waals surface area (Å²) in [7, 11) is 1.63. The van der Waals surface area contributed by atoms with Gasteiger partial charge in [-0.1, -0.05) is 58.4 Å². The second-order valence-electron chi connectivity index (χ2n) is 7.68. The van der Waals surface area contributed by atoms with Crippen LogP contribution in [0.1, 0.15) is 31.2 Å². The maximum Gasteiger partial charge on any atom is 0.195 e. The maximum absolute atomic E-state index is 12.8. The zero-order chi connectivity index (χ0) is 24.8. The Balaban J connectivity index is 1.45. The lowest BCUT2D eigenvalue weighted by Gasteiger charge is -2.14. The molecule has 0 fully saturated rings. The number of allylic oxidation sites excluding steroid dienone is 1. The highest BCUT2D eigenvalue weighted by Gasteiger charge is 2.12. The maximum atomic E-state index is 12.8. The number of thiophene rings is 1. The van der Waals surface area contributed by atoms with Gasteiger partial charge in [-0.3, -0.25) is 4.79 Å². The first-order valence-corrected chi connectivity index (χ1v) is 13.9. The van der Waals surface area contributed by atoms with E-state index in [1.165, 1.54) is 21.8 Å². The van der Waals surface area contributed by atoms with Gasteiger partial charge in [-0.15, -0.1) is 11.3 Å². The third kappa shape index (κ3) is 6.94. The zero-order valence-electron chi connectivity index (χ0n) is 18.8. The second-order valence-corrected chi connectivity index (χ2v) is 11.5. The lowest BCUT2D eigenvalue weighted by molar-refractivity contribution is 0.105. The van der Waals surface area contributed by atoms with E-state index < -0.39 is 0 Å². The lowest BCUT2D eigenvalue weighted by atomic mass is 10.1. The summed E-state index contributed by atoms with van der Waals surface area (Å²) in [5.74, 6) is 1.42. The number of ketones is 1. The highest BCUT2D eigenvalue weighted by atomic mass is 79.9. The first-order chi connectivity index (χ1) is 16.9. The average Bonchev–Trinajstić information content (AvgIpc) is 3.31. The summed E-state index contributed by atoms with van der Waals surface area (Å²) in [5.41, 5.74) is 3.01. The minimum atomic E-state index is -0.00865. The summed E-state index contributed by atoms with van der Waals surface area (Å²) in [4.78, 5) is 14.7. The number of methoxy groups -OCH3 is 1. The first-order valence-electron chi connectivity index (χ1n) is 10.7. The molecule has 7 heteroatoms. The smallest absolute Gasteiger partial charge is 0.195 e. The minimum absolute atomic E-state index is 0.00865. The van der Waals surface area contributed by atoms with Crippen LogP contribution in [0.15, 0.2) is 92.3 Å². The van der Waals surface area contributed by atoms with E-state index >= 15 is 0 Å². The van der Waals surface area contributed by atoms with Crippen molar-refractivity contribution >= 4 is 71.0 Å². The molecular weight excluding hydrogens is 656 g/mol. The fraction of sp³-hybridized carbons (Fsp3) is 0.107. The molecule has 0 amide bonds. The molecule has 0 saturated carbocycles. The summed E-state index contributed by atoms with van der Waals surface area (Å²) in [5, 5.41) is 0. The fourth-order valence-electron chi connectivity index (χ4n) is 3.49. The molecule has 0 aliphatic carbocycles. The Morgan fingerprint density at radius 1 is 0.943 bits per heavy atom. The van der Waals surface area contributed by atoms with E-state index in [1.54, 1.807) is 13.2 Å². The van der Waals surface area contributed by atoms with Crippen LogP contribution in [0.4, 0.5) is 0 Å². The topological polar surface area (TPSA) is 35.5 Å². The summed E-state index contributed by atoms with van der Waals surface area (Å²) in [6.07, 6.45) is 4.27. The van der Waals surface area contributed by atoms with Crippen LogP contribution >= 0.6 is 59.1 Å². The van der Waals surface area contributed by atoms with E-state index in [1.807, 2.05) is 66.7 Å². The van der Waals surface area contributed by atoms with Crippen molar-refractivity contribution in [2.45, 2.75) is 13.0 Å². The molecule has 3 aromatic carbocycles. The Morgan fingerprint density at radius 3 is 2.40 bits per heavy atom. The van der Waals surface area contributed by atoms with Gasteiger partial charge in [-0.05, 0) is 85.5 Å². The number of carbonyl (C=O) groups excluding carboxylic acids is 1. The van der Waals surface area contributed by atoms with Crippen molar-refractivity contribution in [1.82, 2.24) is 0 Å². The van der Waals surface area contributed by atoms with Crippen LogP contribution in [-0.4, -0.2) is 12.9 Å². The Labute approximate surface area is 234 Å². The van der Waals surface area contributed by atoms with E-state index in [0.717, 1.165) is 41.6 Å². The van der Waals surface area contributed by atoms with Crippen LogP contribution < -0.4 is 9.47 Å². The molecule has 0 radical (unpaired) electrons. The Kier molecular flexibility index (Phi) is 9.00. The fourth-order valence-corrected chi connectivity index (χ4v) is 6.94. The summed E-state index contributed by atoms with van der Waals surface area (Å²) in [6.45, 7) is 0.311. The molecule has 0 bridgehead atoms. The number of hydrogen-bond donors (Lipinski definition) is 0. The van der Waals surface area contributed by atoms with Crippen molar-refractivity contribution in [2.75, 3.05) is 7.11 Å². The Hall–Kier alpha value is -2.19. The molecule has 0 aliphatic heterocycles. The van der Waals surface area contributed by atoms with Gasteiger partial charge < -0.3 is 9.47 Å². The van der Waals surface area contributed by atoms with Crippen LogP contribution in [0.3, 0.4) is 0 Å². The van der Waals surface area contributed by atoms with Crippen molar-refractivity contribution in [1.29, 1.82) is 0 Å². The Bertz CT molecular complexity index is 1340. The monoisotopic (exact) mass is 674 g/mol. The lowest BCUT2D eigenvalue weighted by Crippen LogP contribution is -2.00. The SMILES string of the molecule is COc1ccc(/C=C/C(=O)c2ccc(Cc3ccccc3)s2)cc1COc1c(Br)cc(Br)cc1Br. The van der Waals surface area contributed by atoms with Crippen LogP contribution in [0.5, 0.6) is 11.5 Å². The molecule has 0 saturated heterocycles. The first kappa shape index (κ1) is 25.9. The predicted octanol–water partition coefficient (Wildman–Crippen LogP) is 9.11. The highest BCUT2D eigenvalue weighted by Crippen LogP contribution is 2.37.